The van der Waals surface area contributed by atoms with E-state index in [4.69, 9.17) is 15.3 Å². The summed E-state index contributed by atoms with van der Waals surface area (Å²) in [6.45, 7) is 1.90. The molecule has 0 radical (unpaired) electrons. The maximum Gasteiger partial charge on any atom is 0.415 e. The standard InChI is InChI=1S/C11H12N4O3/c1-2-15(11(16)17)10-14-13-9(18-10)7-5-3-4-6-8(7)12/h3-6H,2,12H2,1H3,(H,16,17). The van der Waals surface area contributed by atoms with Crippen LogP contribution in [0.3, 0.4) is 0 Å². The molecule has 0 saturated carbocycles. The monoisotopic (exact) mass is 248 g/mol. The zero-order valence-electron chi connectivity index (χ0n) is 9.70. The van der Waals surface area contributed by atoms with Crippen molar-refractivity contribution < 1.29 is 14.3 Å². The van der Waals surface area contributed by atoms with Gasteiger partial charge in [-0.3, -0.25) is 0 Å². The number of para-hydroxylation sites is 1. The molecule has 2 rings (SSSR count). The van der Waals surface area contributed by atoms with E-state index in [1.54, 1.807) is 31.2 Å². The Bertz CT molecular complexity index is 567. The molecule has 18 heavy (non-hydrogen) atoms. The number of aromatic nitrogens is 2. The largest absolute Gasteiger partial charge is 0.465 e. The minimum absolute atomic E-state index is 0.0664. The van der Waals surface area contributed by atoms with Crippen LogP contribution in [0.4, 0.5) is 16.5 Å². The maximum absolute atomic E-state index is 10.9. The zero-order chi connectivity index (χ0) is 13.1. The second-order valence-corrected chi connectivity index (χ2v) is 3.50. The Morgan fingerprint density at radius 3 is 2.78 bits per heavy atom. The Balaban J connectivity index is 2.36. The first-order chi connectivity index (χ1) is 8.63. The summed E-state index contributed by atoms with van der Waals surface area (Å²) in [7, 11) is 0. The van der Waals surface area contributed by atoms with Gasteiger partial charge in [-0.05, 0) is 19.1 Å². The summed E-state index contributed by atoms with van der Waals surface area (Å²) in [4.78, 5) is 11.9. The van der Waals surface area contributed by atoms with E-state index in [2.05, 4.69) is 10.2 Å². The van der Waals surface area contributed by atoms with Crippen molar-refractivity contribution >= 4 is 17.8 Å². The SMILES string of the molecule is CCN(C(=O)O)c1nnc(-c2ccccc2N)o1. The fraction of sp³-hybridized carbons (Fsp3) is 0.182. The molecule has 0 unspecified atom stereocenters. The third-order valence-corrected chi connectivity index (χ3v) is 2.38. The van der Waals surface area contributed by atoms with Crippen LogP contribution < -0.4 is 10.6 Å². The van der Waals surface area contributed by atoms with Crippen LogP contribution in [-0.2, 0) is 0 Å². The van der Waals surface area contributed by atoms with Gasteiger partial charge >= 0.3 is 12.1 Å². The molecule has 1 aromatic heterocycles. The molecule has 0 aliphatic heterocycles. The quantitative estimate of drug-likeness (QED) is 0.802. The summed E-state index contributed by atoms with van der Waals surface area (Å²) in [6.07, 6.45) is -1.14. The van der Waals surface area contributed by atoms with Crippen molar-refractivity contribution in [1.82, 2.24) is 10.2 Å². The van der Waals surface area contributed by atoms with Crippen molar-refractivity contribution in [3.05, 3.63) is 24.3 Å². The van der Waals surface area contributed by atoms with Crippen molar-refractivity contribution in [3.63, 3.8) is 0 Å². The van der Waals surface area contributed by atoms with Crippen molar-refractivity contribution in [2.24, 2.45) is 0 Å². The molecule has 1 aromatic carbocycles. The lowest BCUT2D eigenvalue weighted by Crippen LogP contribution is -2.28. The minimum Gasteiger partial charge on any atom is -0.465 e. The normalized spacial score (nSPS) is 10.3. The van der Waals surface area contributed by atoms with Gasteiger partial charge in [-0.15, -0.1) is 5.10 Å². The van der Waals surface area contributed by atoms with E-state index in [9.17, 15) is 4.79 Å². The lowest BCUT2D eigenvalue weighted by Gasteiger charge is -2.10. The first kappa shape index (κ1) is 11.9. The number of nitrogens with two attached hydrogens (primary N) is 1. The van der Waals surface area contributed by atoms with Crippen LogP contribution in [0.1, 0.15) is 6.92 Å². The average Bonchev–Trinajstić information content (AvgIpc) is 2.79. The molecule has 0 aliphatic rings. The van der Waals surface area contributed by atoms with Gasteiger partial charge in [-0.25, -0.2) is 9.69 Å². The van der Waals surface area contributed by atoms with Crippen LogP contribution in [0.15, 0.2) is 28.7 Å². The average molecular weight is 248 g/mol. The minimum atomic E-state index is -1.14. The predicted molar refractivity (Wildman–Crippen MR) is 65.2 cm³/mol. The summed E-state index contributed by atoms with van der Waals surface area (Å²) in [5.41, 5.74) is 6.85. The number of carboxylic acid groups (broad SMARTS) is 1. The number of hydrogen-bond acceptors (Lipinski definition) is 5. The van der Waals surface area contributed by atoms with E-state index in [-0.39, 0.29) is 18.5 Å². The molecule has 0 saturated heterocycles. The molecule has 7 heteroatoms. The number of carbonyl (C=O) groups is 1. The van der Waals surface area contributed by atoms with E-state index in [1.165, 1.54) is 0 Å². The molecule has 0 bridgehead atoms. The third-order valence-electron chi connectivity index (χ3n) is 2.38. The Hall–Kier alpha value is -2.57. The first-order valence-electron chi connectivity index (χ1n) is 5.32. The van der Waals surface area contributed by atoms with Crippen molar-refractivity contribution in [2.75, 3.05) is 17.2 Å². The van der Waals surface area contributed by atoms with Crippen LogP contribution in [0, 0.1) is 0 Å². The summed E-state index contributed by atoms with van der Waals surface area (Å²) < 4.78 is 5.31. The Labute approximate surface area is 103 Å². The highest BCUT2D eigenvalue weighted by molar-refractivity contribution is 5.83. The molecule has 2 aromatic rings. The van der Waals surface area contributed by atoms with Gasteiger partial charge in [0.05, 0.1) is 5.56 Å². The Morgan fingerprint density at radius 2 is 2.17 bits per heavy atom. The van der Waals surface area contributed by atoms with E-state index >= 15 is 0 Å². The van der Waals surface area contributed by atoms with Crippen LogP contribution in [0.5, 0.6) is 0 Å². The second kappa shape index (κ2) is 4.74. The number of rotatable bonds is 3. The van der Waals surface area contributed by atoms with Crippen LogP contribution in [-0.4, -0.2) is 27.9 Å². The van der Waals surface area contributed by atoms with Gasteiger partial charge < -0.3 is 15.3 Å². The van der Waals surface area contributed by atoms with Crippen LogP contribution >= 0.6 is 0 Å². The maximum atomic E-state index is 10.9. The first-order valence-corrected chi connectivity index (χ1v) is 5.32. The smallest absolute Gasteiger partial charge is 0.415 e. The van der Waals surface area contributed by atoms with Gasteiger partial charge in [0.1, 0.15) is 0 Å². The number of benzene rings is 1. The third kappa shape index (κ3) is 2.10. The number of nitrogens with zero attached hydrogens (tertiary/aromatic N) is 3. The lowest BCUT2D eigenvalue weighted by molar-refractivity contribution is 0.200. The number of nitrogen functional groups attached to an aromatic ring is 1. The molecular weight excluding hydrogens is 236 g/mol. The molecule has 0 fully saturated rings. The van der Waals surface area contributed by atoms with E-state index in [1.807, 2.05) is 0 Å². The highest BCUT2D eigenvalue weighted by Crippen LogP contribution is 2.26. The van der Waals surface area contributed by atoms with E-state index in [0.717, 1.165) is 4.90 Å². The molecule has 0 spiro atoms. The molecule has 94 valence electrons. The van der Waals surface area contributed by atoms with Crippen molar-refractivity contribution in [2.45, 2.75) is 6.92 Å². The van der Waals surface area contributed by atoms with Gasteiger partial charge in [0.15, 0.2) is 0 Å². The summed E-state index contributed by atoms with van der Waals surface area (Å²) in [5, 5.41) is 16.4. The summed E-state index contributed by atoms with van der Waals surface area (Å²) in [5.74, 6) is 0.197. The van der Waals surface area contributed by atoms with Gasteiger partial charge in [0.25, 0.3) is 5.89 Å². The molecule has 7 nitrogen and oxygen atoms in total. The van der Waals surface area contributed by atoms with Crippen LogP contribution in [0.2, 0.25) is 0 Å². The fourth-order valence-corrected chi connectivity index (χ4v) is 1.48. The predicted octanol–water partition coefficient (Wildman–Crippen LogP) is 1.82. The number of amides is 1. The molecular formula is C11H12N4O3. The van der Waals surface area contributed by atoms with E-state index < -0.39 is 6.09 Å². The topological polar surface area (TPSA) is 105 Å². The van der Waals surface area contributed by atoms with Gasteiger partial charge in [-0.1, -0.05) is 17.2 Å². The van der Waals surface area contributed by atoms with Crippen molar-refractivity contribution in [1.29, 1.82) is 0 Å². The molecule has 0 aliphatic carbocycles. The molecule has 0 atom stereocenters. The second-order valence-electron chi connectivity index (χ2n) is 3.50. The highest BCUT2D eigenvalue weighted by Gasteiger charge is 2.20. The Morgan fingerprint density at radius 1 is 1.44 bits per heavy atom. The number of anilines is 2. The molecule has 1 heterocycles. The van der Waals surface area contributed by atoms with E-state index in [0.29, 0.717) is 11.3 Å². The van der Waals surface area contributed by atoms with Gasteiger partial charge in [0.2, 0.25) is 0 Å². The number of hydrogen-bond donors (Lipinski definition) is 2. The van der Waals surface area contributed by atoms with Crippen molar-refractivity contribution in [3.8, 4) is 11.5 Å². The van der Waals surface area contributed by atoms with Crippen LogP contribution in [0.25, 0.3) is 11.5 Å². The fourth-order valence-electron chi connectivity index (χ4n) is 1.48. The Kier molecular flexibility index (Phi) is 3.13. The lowest BCUT2D eigenvalue weighted by atomic mass is 10.2. The zero-order valence-corrected chi connectivity index (χ0v) is 9.70. The highest BCUT2D eigenvalue weighted by atomic mass is 16.4. The van der Waals surface area contributed by atoms with Gasteiger partial charge in [-0.2, -0.15) is 0 Å². The summed E-state index contributed by atoms with van der Waals surface area (Å²) in [6, 6.07) is 6.93. The molecule has 1 amide bonds. The summed E-state index contributed by atoms with van der Waals surface area (Å²) >= 11 is 0. The van der Waals surface area contributed by atoms with Gasteiger partial charge in [0, 0.05) is 12.2 Å². The molecule has 3 N–H and O–H groups in total.